The smallest absolute Gasteiger partial charge is 0.193 e. The molecule has 0 amide bonds. The number of nitrogens with zero attached hydrogens (tertiary/aromatic N) is 1. The highest BCUT2D eigenvalue weighted by Gasteiger charge is 2.09. The molecule has 0 spiro atoms. The third kappa shape index (κ3) is 2.12. The zero-order chi connectivity index (χ0) is 11.5. The molecule has 1 aromatic carbocycles. The fraction of sp³-hybridized carbons (Fsp3) is 0. The first-order chi connectivity index (χ1) is 7.68. The third-order valence-corrected chi connectivity index (χ3v) is 2.92. The molecule has 0 aliphatic rings. The normalized spacial score (nSPS) is 10.1. The minimum atomic E-state index is -0.0541. The Labute approximate surface area is 101 Å². The summed E-state index contributed by atoms with van der Waals surface area (Å²) in [5.41, 5.74) is 7.46. The van der Waals surface area contributed by atoms with Gasteiger partial charge in [0.15, 0.2) is 5.78 Å². The molecule has 2 aromatic rings. The Bertz CT molecular complexity index is 526. The minimum absolute atomic E-state index is 0.0541. The quantitative estimate of drug-likeness (QED) is 0.678. The second-order valence-electron chi connectivity index (χ2n) is 3.30. The summed E-state index contributed by atoms with van der Waals surface area (Å²) >= 11 is 3.29. The van der Waals surface area contributed by atoms with E-state index in [0.717, 1.165) is 4.47 Å². The molecule has 16 heavy (non-hydrogen) atoms. The molecule has 0 radical (unpaired) electrons. The van der Waals surface area contributed by atoms with Gasteiger partial charge in [-0.1, -0.05) is 0 Å². The van der Waals surface area contributed by atoms with E-state index in [1.54, 1.807) is 42.7 Å². The number of hydrogen-bond acceptors (Lipinski definition) is 3. The molecule has 1 heterocycles. The maximum atomic E-state index is 12.0. The van der Waals surface area contributed by atoms with Crippen LogP contribution >= 0.6 is 15.9 Å². The Balaban J connectivity index is 2.39. The van der Waals surface area contributed by atoms with Crippen LogP contribution in [0.3, 0.4) is 0 Å². The van der Waals surface area contributed by atoms with Crippen LogP contribution in [0.4, 0.5) is 5.69 Å². The highest BCUT2D eigenvalue weighted by molar-refractivity contribution is 9.10. The maximum Gasteiger partial charge on any atom is 0.193 e. The van der Waals surface area contributed by atoms with Crippen molar-refractivity contribution in [1.82, 2.24) is 4.98 Å². The van der Waals surface area contributed by atoms with Gasteiger partial charge in [-0.15, -0.1) is 0 Å². The first-order valence-electron chi connectivity index (χ1n) is 4.68. The lowest BCUT2D eigenvalue weighted by Gasteiger charge is -2.03. The van der Waals surface area contributed by atoms with Gasteiger partial charge in [0.1, 0.15) is 0 Å². The van der Waals surface area contributed by atoms with E-state index >= 15 is 0 Å². The molecule has 3 nitrogen and oxygen atoms in total. The van der Waals surface area contributed by atoms with Crippen LogP contribution in [0, 0.1) is 0 Å². The molecule has 0 atom stereocenters. The number of aromatic nitrogens is 1. The topological polar surface area (TPSA) is 56.0 Å². The summed E-state index contributed by atoms with van der Waals surface area (Å²) in [6, 6.07) is 8.53. The van der Waals surface area contributed by atoms with Crippen molar-refractivity contribution < 1.29 is 4.79 Å². The fourth-order valence-corrected chi connectivity index (χ4v) is 1.60. The molecule has 2 N–H and O–H groups in total. The standard InChI is InChI=1S/C12H9BrN2O/c13-10-2-1-9(7-11(10)14)12(16)8-3-5-15-6-4-8/h1-7H,14H2. The Morgan fingerprint density at radius 3 is 2.44 bits per heavy atom. The lowest BCUT2D eigenvalue weighted by molar-refractivity contribution is 0.103. The highest BCUT2D eigenvalue weighted by Crippen LogP contribution is 2.21. The lowest BCUT2D eigenvalue weighted by Crippen LogP contribution is -2.02. The van der Waals surface area contributed by atoms with E-state index in [2.05, 4.69) is 20.9 Å². The summed E-state index contributed by atoms with van der Waals surface area (Å²) in [6.07, 6.45) is 3.19. The first kappa shape index (κ1) is 10.8. The van der Waals surface area contributed by atoms with Crippen LogP contribution in [0.5, 0.6) is 0 Å². The molecule has 0 saturated carbocycles. The summed E-state index contributed by atoms with van der Waals surface area (Å²) in [4.78, 5) is 15.9. The molecule has 80 valence electrons. The van der Waals surface area contributed by atoms with Gasteiger partial charge in [-0.05, 0) is 46.3 Å². The van der Waals surface area contributed by atoms with Crippen molar-refractivity contribution in [2.24, 2.45) is 0 Å². The van der Waals surface area contributed by atoms with Crippen LogP contribution in [0.1, 0.15) is 15.9 Å². The van der Waals surface area contributed by atoms with Crippen molar-refractivity contribution in [3.8, 4) is 0 Å². The third-order valence-electron chi connectivity index (χ3n) is 2.20. The van der Waals surface area contributed by atoms with Crippen LogP contribution in [0.2, 0.25) is 0 Å². The van der Waals surface area contributed by atoms with Gasteiger partial charge in [-0.2, -0.15) is 0 Å². The average Bonchev–Trinajstić information content (AvgIpc) is 2.33. The van der Waals surface area contributed by atoms with E-state index in [4.69, 9.17) is 5.73 Å². The summed E-state index contributed by atoms with van der Waals surface area (Å²) in [5, 5.41) is 0. The second kappa shape index (κ2) is 4.45. The Morgan fingerprint density at radius 2 is 1.81 bits per heavy atom. The van der Waals surface area contributed by atoms with Crippen molar-refractivity contribution in [2.45, 2.75) is 0 Å². The number of ketones is 1. The maximum absolute atomic E-state index is 12.0. The number of nitrogens with two attached hydrogens (primary N) is 1. The molecule has 0 aliphatic carbocycles. The monoisotopic (exact) mass is 276 g/mol. The second-order valence-corrected chi connectivity index (χ2v) is 4.16. The molecule has 4 heteroatoms. The van der Waals surface area contributed by atoms with Crippen molar-refractivity contribution in [3.63, 3.8) is 0 Å². The van der Waals surface area contributed by atoms with E-state index in [-0.39, 0.29) is 5.78 Å². The lowest BCUT2D eigenvalue weighted by atomic mass is 10.0. The van der Waals surface area contributed by atoms with Gasteiger partial charge in [-0.25, -0.2) is 0 Å². The van der Waals surface area contributed by atoms with Crippen LogP contribution in [-0.4, -0.2) is 10.8 Å². The molecular weight excluding hydrogens is 268 g/mol. The molecule has 1 aromatic heterocycles. The van der Waals surface area contributed by atoms with E-state index in [1.807, 2.05) is 0 Å². The summed E-state index contributed by atoms with van der Waals surface area (Å²) in [7, 11) is 0. The van der Waals surface area contributed by atoms with Gasteiger partial charge in [0.25, 0.3) is 0 Å². The highest BCUT2D eigenvalue weighted by atomic mass is 79.9. The van der Waals surface area contributed by atoms with Gasteiger partial charge in [-0.3, -0.25) is 9.78 Å². The Morgan fingerprint density at radius 1 is 1.12 bits per heavy atom. The van der Waals surface area contributed by atoms with Crippen LogP contribution < -0.4 is 5.73 Å². The summed E-state index contributed by atoms with van der Waals surface area (Å²) in [6.45, 7) is 0. The zero-order valence-corrected chi connectivity index (χ0v) is 9.94. The van der Waals surface area contributed by atoms with Gasteiger partial charge in [0.05, 0.1) is 0 Å². The number of nitrogen functional groups attached to an aromatic ring is 1. The summed E-state index contributed by atoms with van der Waals surface area (Å²) in [5.74, 6) is -0.0541. The van der Waals surface area contributed by atoms with Crippen LogP contribution in [-0.2, 0) is 0 Å². The molecule has 0 saturated heterocycles. The fourth-order valence-electron chi connectivity index (χ4n) is 1.35. The molecule has 0 fully saturated rings. The number of hydrogen-bond donors (Lipinski definition) is 1. The molecule has 0 bridgehead atoms. The van der Waals surface area contributed by atoms with E-state index < -0.39 is 0 Å². The number of carbonyl (C=O) groups is 1. The number of halogens is 1. The Kier molecular flexibility index (Phi) is 3.01. The summed E-state index contributed by atoms with van der Waals surface area (Å²) < 4.78 is 0.791. The molecular formula is C12H9BrN2O. The largest absolute Gasteiger partial charge is 0.398 e. The number of pyridine rings is 1. The average molecular weight is 277 g/mol. The van der Waals surface area contributed by atoms with E-state index in [9.17, 15) is 4.79 Å². The van der Waals surface area contributed by atoms with Crippen molar-refractivity contribution in [3.05, 3.63) is 58.3 Å². The molecule has 0 aliphatic heterocycles. The van der Waals surface area contributed by atoms with E-state index in [1.165, 1.54) is 0 Å². The van der Waals surface area contributed by atoms with Gasteiger partial charge < -0.3 is 5.73 Å². The van der Waals surface area contributed by atoms with Crippen molar-refractivity contribution in [1.29, 1.82) is 0 Å². The predicted molar refractivity (Wildman–Crippen MR) is 66.2 cm³/mol. The zero-order valence-electron chi connectivity index (χ0n) is 8.35. The SMILES string of the molecule is Nc1cc(C(=O)c2ccncc2)ccc1Br. The number of rotatable bonds is 2. The minimum Gasteiger partial charge on any atom is -0.398 e. The number of benzene rings is 1. The van der Waals surface area contributed by atoms with Crippen LogP contribution in [0.25, 0.3) is 0 Å². The molecule has 2 rings (SSSR count). The van der Waals surface area contributed by atoms with Crippen LogP contribution in [0.15, 0.2) is 47.2 Å². The van der Waals surface area contributed by atoms with Gasteiger partial charge in [0.2, 0.25) is 0 Å². The number of carbonyl (C=O) groups excluding carboxylic acids is 1. The van der Waals surface area contributed by atoms with E-state index in [0.29, 0.717) is 16.8 Å². The first-order valence-corrected chi connectivity index (χ1v) is 5.47. The van der Waals surface area contributed by atoms with Gasteiger partial charge in [0, 0.05) is 33.7 Å². The van der Waals surface area contributed by atoms with Gasteiger partial charge >= 0.3 is 0 Å². The van der Waals surface area contributed by atoms with Crippen molar-refractivity contribution >= 4 is 27.4 Å². The molecule has 0 unspecified atom stereocenters. The van der Waals surface area contributed by atoms with Crippen molar-refractivity contribution in [2.75, 3.05) is 5.73 Å². The Hall–Kier alpha value is -1.68. The number of anilines is 1. The predicted octanol–water partition coefficient (Wildman–Crippen LogP) is 2.66.